The van der Waals surface area contributed by atoms with Crippen molar-refractivity contribution in [1.29, 1.82) is 0 Å². The van der Waals surface area contributed by atoms with Gasteiger partial charge in [-0.15, -0.1) is 6.58 Å². The van der Waals surface area contributed by atoms with E-state index in [1.54, 1.807) is 0 Å². The summed E-state index contributed by atoms with van der Waals surface area (Å²) in [5, 5.41) is 5.38. The molecule has 2 bridgehead atoms. The fourth-order valence-electron chi connectivity index (χ4n) is 6.44. The van der Waals surface area contributed by atoms with Gasteiger partial charge in [-0.05, 0) is 66.0 Å². The first kappa shape index (κ1) is 22.9. The largest absolute Gasteiger partial charge is 0.304 e. The van der Waals surface area contributed by atoms with E-state index in [0.29, 0.717) is 22.0 Å². The van der Waals surface area contributed by atoms with E-state index in [4.69, 9.17) is 23.2 Å². The number of hydrogen-bond acceptors (Lipinski definition) is 1. The lowest BCUT2D eigenvalue weighted by molar-refractivity contribution is 0.0326. The van der Waals surface area contributed by atoms with Gasteiger partial charge in [0, 0.05) is 17.5 Å². The molecule has 0 amide bonds. The Labute approximate surface area is 198 Å². The molecule has 3 aliphatic rings. The molecule has 5 rings (SSSR count). The number of rotatable bonds is 7. The molecule has 1 fully saturated rings. The van der Waals surface area contributed by atoms with Crippen molar-refractivity contribution < 1.29 is 0 Å². The highest BCUT2D eigenvalue weighted by molar-refractivity contribution is 6.42. The summed E-state index contributed by atoms with van der Waals surface area (Å²) in [6, 6.07) is 13.3. The first-order valence-corrected chi connectivity index (χ1v) is 12.4. The van der Waals surface area contributed by atoms with E-state index in [9.17, 15) is 0 Å². The van der Waals surface area contributed by atoms with Gasteiger partial charge in [-0.25, -0.2) is 0 Å². The van der Waals surface area contributed by atoms with Crippen LogP contribution >= 0.6 is 23.2 Å². The summed E-state index contributed by atoms with van der Waals surface area (Å²) in [6.07, 6.45) is 7.15. The third-order valence-corrected chi connectivity index (χ3v) is 8.14. The van der Waals surface area contributed by atoms with Crippen LogP contribution in [0.1, 0.15) is 83.3 Å². The van der Waals surface area contributed by atoms with E-state index in [-0.39, 0.29) is 11.0 Å². The van der Waals surface area contributed by atoms with E-state index in [0.717, 1.165) is 12.0 Å². The van der Waals surface area contributed by atoms with Crippen LogP contribution in [-0.2, 0) is 5.54 Å². The van der Waals surface area contributed by atoms with Gasteiger partial charge >= 0.3 is 0 Å². The third-order valence-electron chi connectivity index (χ3n) is 7.40. The quantitative estimate of drug-likeness (QED) is 0.324. The molecular formula is C28H35Cl2N. The number of fused-ring (bicyclic) bond motifs is 2. The monoisotopic (exact) mass is 455 g/mol. The first-order valence-electron chi connectivity index (χ1n) is 11.7. The molecule has 1 aliphatic carbocycles. The van der Waals surface area contributed by atoms with E-state index in [1.807, 2.05) is 12.1 Å². The minimum Gasteiger partial charge on any atom is -0.304 e. The van der Waals surface area contributed by atoms with Gasteiger partial charge in [0.2, 0.25) is 0 Å². The van der Waals surface area contributed by atoms with Crippen LogP contribution in [-0.4, -0.2) is 6.04 Å². The van der Waals surface area contributed by atoms with Crippen molar-refractivity contribution in [3.8, 4) is 11.1 Å². The summed E-state index contributed by atoms with van der Waals surface area (Å²) >= 11 is 12.7. The average Bonchev–Trinajstić information content (AvgIpc) is 2.68. The minimum atomic E-state index is 0.0229. The average molecular weight is 457 g/mol. The lowest BCUT2D eigenvalue weighted by Gasteiger charge is -2.61. The van der Waals surface area contributed by atoms with Crippen molar-refractivity contribution >= 4 is 23.2 Å². The standard InChI is InChI=1S/C28H35Cl2N/c1-6-7-8-14-28-17-27(4,5)26(24(31-28)15-18(2)3)25-20(10-9-11-21(25)28)19-12-13-22(29)23(30)16-19/h9-13,16,24,26,31H,2,6-8,14-15,17H2,1,3-5H3/t24-,26-,28-/m0/s1. The zero-order valence-electron chi connectivity index (χ0n) is 19.3. The van der Waals surface area contributed by atoms with Gasteiger partial charge in [0.05, 0.1) is 10.0 Å². The molecule has 0 saturated carbocycles. The summed E-state index contributed by atoms with van der Waals surface area (Å²) < 4.78 is 0. The number of nitrogens with one attached hydrogen (secondary N) is 1. The molecule has 2 aliphatic heterocycles. The summed E-state index contributed by atoms with van der Waals surface area (Å²) in [7, 11) is 0. The summed E-state index contributed by atoms with van der Waals surface area (Å²) in [5.74, 6) is 0.429. The highest BCUT2D eigenvalue weighted by Gasteiger charge is 2.56. The molecule has 166 valence electrons. The maximum absolute atomic E-state index is 6.44. The molecule has 1 saturated heterocycles. The minimum absolute atomic E-state index is 0.0229. The lowest BCUT2D eigenvalue weighted by atomic mass is 9.51. The predicted molar refractivity (Wildman–Crippen MR) is 135 cm³/mol. The Balaban J connectivity index is 1.92. The summed E-state index contributed by atoms with van der Waals surface area (Å²) in [6.45, 7) is 13.6. The lowest BCUT2D eigenvalue weighted by Crippen LogP contribution is -2.64. The second-order valence-electron chi connectivity index (χ2n) is 10.5. The molecule has 1 N–H and O–H groups in total. The highest BCUT2D eigenvalue weighted by atomic mass is 35.5. The van der Waals surface area contributed by atoms with Crippen LogP contribution in [0, 0.1) is 5.41 Å². The molecule has 3 heteroatoms. The molecule has 0 radical (unpaired) electrons. The Morgan fingerprint density at radius 2 is 1.90 bits per heavy atom. The van der Waals surface area contributed by atoms with Crippen LogP contribution in [0.3, 0.4) is 0 Å². The first-order chi connectivity index (χ1) is 14.7. The zero-order valence-corrected chi connectivity index (χ0v) is 20.8. The van der Waals surface area contributed by atoms with Crippen LogP contribution < -0.4 is 5.32 Å². The number of benzene rings is 2. The molecule has 0 unspecified atom stereocenters. The van der Waals surface area contributed by atoms with Crippen LogP contribution in [0.5, 0.6) is 0 Å². The maximum atomic E-state index is 6.44. The van der Waals surface area contributed by atoms with Gasteiger partial charge < -0.3 is 5.32 Å². The number of halogens is 2. The third kappa shape index (κ3) is 4.10. The topological polar surface area (TPSA) is 12.0 Å². The Morgan fingerprint density at radius 3 is 2.58 bits per heavy atom. The predicted octanol–water partition coefficient (Wildman–Crippen LogP) is 8.89. The van der Waals surface area contributed by atoms with Gasteiger partial charge in [-0.3, -0.25) is 0 Å². The molecular weight excluding hydrogens is 421 g/mol. The Bertz CT molecular complexity index is 993. The second kappa shape index (κ2) is 8.58. The van der Waals surface area contributed by atoms with E-state index in [2.05, 4.69) is 63.9 Å². The molecule has 0 spiro atoms. The van der Waals surface area contributed by atoms with E-state index < -0.39 is 0 Å². The molecule has 31 heavy (non-hydrogen) atoms. The van der Waals surface area contributed by atoms with Crippen LogP contribution in [0.2, 0.25) is 10.0 Å². The molecule has 2 aromatic rings. The summed E-state index contributed by atoms with van der Waals surface area (Å²) in [4.78, 5) is 0. The second-order valence-corrected chi connectivity index (χ2v) is 11.3. The van der Waals surface area contributed by atoms with Crippen LogP contribution in [0.25, 0.3) is 11.1 Å². The van der Waals surface area contributed by atoms with Crippen LogP contribution in [0.4, 0.5) is 0 Å². The van der Waals surface area contributed by atoms with Crippen molar-refractivity contribution in [2.75, 3.05) is 0 Å². The van der Waals surface area contributed by atoms with Crippen molar-refractivity contribution in [3.05, 3.63) is 69.7 Å². The number of hydrogen-bond donors (Lipinski definition) is 1. The SMILES string of the molecule is C=C(C)C[C@@H]1N[C@@]2(CCCCC)CC(C)(C)[C@@H]1c1c(-c3ccc(Cl)c(Cl)c3)cccc12. The molecule has 1 nitrogen and oxygen atoms in total. The van der Waals surface area contributed by atoms with Gasteiger partial charge in [-0.1, -0.05) is 93.1 Å². The van der Waals surface area contributed by atoms with Crippen molar-refractivity contribution in [2.45, 2.75) is 83.7 Å². The number of unbranched alkanes of at least 4 members (excludes halogenated alkanes) is 2. The highest BCUT2D eigenvalue weighted by Crippen LogP contribution is 2.61. The molecule has 3 atom stereocenters. The Kier molecular flexibility index (Phi) is 6.34. The summed E-state index contributed by atoms with van der Waals surface area (Å²) in [5.41, 5.74) is 6.95. The Morgan fingerprint density at radius 1 is 1.13 bits per heavy atom. The van der Waals surface area contributed by atoms with Crippen molar-refractivity contribution in [3.63, 3.8) is 0 Å². The van der Waals surface area contributed by atoms with Gasteiger partial charge in [0.1, 0.15) is 0 Å². The van der Waals surface area contributed by atoms with Crippen molar-refractivity contribution in [1.82, 2.24) is 5.32 Å². The van der Waals surface area contributed by atoms with E-state index >= 15 is 0 Å². The van der Waals surface area contributed by atoms with Gasteiger partial charge in [-0.2, -0.15) is 0 Å². The molecule has 2 aromatic carbocycles. The van der Waals surface area contributed by atoms with Gasteiger partial charge in [0.25, 0.3) is 0 Å². The van der Waals surface area contributed by atoms with E-state index in [1.165, 1.54) is 54.4 Å². The zero-order chi connectivity index (χ0) is 22.4. The fourth-order valence-corrected chi connectivity index (χ4v) is 6.73. The Hall–Kier alpha value is -1.28. The number of piperidine rings is 1. The smallest absolute Gasteiger partial charge is 0.0598 e. The fraction of sp³-hybridized carbons (Fsp3) is 0.500. The van der Waals surface area contributed by atoms with Crippen molar-refractivity contribution in [2.24, 2.45) is 5.41 Å². The normalized spacial score (nSPS) is 26.0. The molecule has 2 heterocycles. The van der Waals surface area contributed by atoms with Crippen LogP contribution in [0.15, 0.2) is 48.6 Å². The maximum Gasteiger partial charge on any atom is 0.0598 e. The molecule has 0 aromatic heterocycles. The van der Waals surface area contributed by atoms with Gasteiger partial charge in [0.15, 0.2) is 0 Å².